The SMILES string of the molecule is CC(C)Cc1ccc(CC(=O)Nc2c(F)cccc2F)cc1. The van der Waals surface area contributed by atoms with Crippen LogP contribution in [0.5, 0.6) is 0 Å². The van der Waals surface area contributed by atoms with Crippen molar-refractivity contribution < 1.29 is 13.6 Å². The van der Waals surface area contributed by atoms with Crippen molar-refractivity contribution in [2.45, 2.75) is 26.7 Å². The van der Waals surface area contributed by atoms with Gasteiger partial charge in [-0.2, -0.15) is 0 Å². The van der Waals surface area contributed by atoms with Crippen molar-refractivity contribution in [3.63, 3.8) is 0 Å². The molecule has 0 aliphatic carbocycles. The number of hydrogen-bond donors (Lipinski definition) is 1. The average Bonchev–Trinajstić information content (AvgIpc) is 2.45. The molecule has 0 atom stereocenters. The van der Waals surface area contributed by atoms with Crippen LogP contribution >= 0.6 is 0 Å². The number of anilines is 1. The van der Waals surface area contributed by atoms with Crippen molar-refractivity contribution in [3.8, 4) is 0 Å². The Morgan fingerprint density at radius 2 is 1.55 bits per heavy atom. The number of amides is 1. The second kappa shape index (κ2) is 7.16. The van der Waals surface area contributed by atoms with Gasteiger partial charge in [0.25, 0.3) is 0 Å². The van der Waals surface area contributed by atoms with Gasteiger partial charge in [-0.3, -0.25) is 4.79 Å². The third-order valence-corrected chi connectivity index (χ3v) is 3.26. The maximum Gasteiger partial charge on any atom is 0.228 e. The summed E-state index contributed by atoms with van der Waals surface area (Å²) in [7, 11) is 0. The standard InChI is InChI=1S/C18H19F2NO/c1-12(2)10-13-6-8-14(9-7-13)11-17(22)21-18-15(19)4-3-5-16(18)20/h3-9,12H,10-11H2,1-2H3,(H,21,22). The molecule has 116 valence electrons. The van der Waals surface area contributed by atoms with Crippen molar-refractivity contribution in [1.29, 1.82) is 0 Å². The summed E-state index contributed by atoms with van der Waals surface area (Å²) in [6, 6.07) is 11.2. The molecule has 2 nitrogen and oxygen atoms in total. The third-order valence-electron chi connectivity index (χ3n) is 3.26. The van der Waals surface area contributed by atoms with E-state index in [1.807, 2.05) is 24.3 Å². The molecule has 0 bridgehead atoms. The maximum absolute atomic E-state index is 13.5. The van der Waals surface area contributed by atoms with Gasteiger partial charge < -0.3 is 5.32 Å². The summed E-state index contributed by atoms with van der Waals surface area (Å²) in [6.45, 7) is 4.29. The molecule has 4 heteroatoms. The summed E-state index contributed by atoms with van der Waals surface area (Å²) in [6.07, 6.45) is 1.06. The lowest BCUT2D eigenvalue weighted by atomic mass is 10.0. The van der Waals surface area contributed by atoms with Crippen LogP contribution in [0.15, 0.2) is 42.5 Å². The molecule has 0 aliphatic heterocycles. The first kappa shape index (κ1) is 16.1. The number of benzene rings is 2. The van der Waals surface area contributed by atoms with E-state index in [-0.39, 0.29) is 6.42 Å². The van der Waals surface area contributed by atoms with Gasteiger partial charge in [0.05, 0.1) is 6.42 Å². The Kier molecular flexibility index (Phi) is 5.26. The van der Waals surface area contributed by atoms with Crippen molar-refractivity contribution in [2.75, 3.05) is 5.32 Å². The van der Waals surface area contributed by atoms with Crippen LogP contribution in [0, 0.1) is 17.6 Å². The van der Waals surface area contributed by atoms with Crippen LogP contribution in [0.1, 0.15) is 25.0 Å². The maximum atomic E-state index is 13.5. The number of rotatable bonds is 5. The zero-order valence-electron chi connectivity index (χ0n) is 12.7. The lowest BCUT2D eigenvalue weighted by Crippen LogP contribution is -2.16. The largest absolute Gasteiger partial charge is 0.321 e. The molecule has 0 spiro atoms. The second-order valence-electron chi connectivity index (χ2n) is 5.74. The Balaban J connectivity index is 2.00. The lowest BCUT2D eigenvalue weighted by Gasteiger charge is -2.09. The smallest absolute Gasteiger partial charge is 0.228 e. The van der Waals surface area contributed by atoms with E-state index >= 15 is 0 Å². The van der Waals surface area contributed by atoms with E-state index in [0.29, 0.717) is 5.92 Å². The Bertz CT molecular complexity index is 630. The van der Waals surface area contributed by atoms with Crippen molar-refractivity contribution >= 4 is 11.6 Å². The summed E-state index contributed by atoms with van der Waals surface area (Å²) < 4.78 is 26.9. The highest BCUT2D eigenvalue weighted by Crippen LogP contribution is 2.18. The fraction of sp³-hybridized carbons (Fsp3) is 0.278. The van der Waals surface area contributed by atoms with Crippen molar-refractivity contribution in [2.24, 2.45) is 5.92 Å². The average molecular weight is 303 g/mol. The fourth-order valence-corrected chi connectivity index (χ4v) is 2.25. The van der Waals surface area contributed by atoms with E-state index in [2.05, 4.69) is 19.2 Å². The second-order valence-corrected chi connectivity index (χ2v) is 5.74. The van der Waals surface area contributed by atoms with Crippen molar-refractivity contribution in [3.05, 3.63) is 65.2 Å². The predicted octanol–water partition coefficient (Wildman–Crippen LogP) is 4.34. The molecule has 0 saturated heterocycles. The summed E-state index contributed by atoms with van der Waals surface area (Å²) in [4.78, 5) is 11.9. The van der Waals surface area contributed by atoms with E-state index in [1.165, 1.54) is 11.6 Å². The highest BCUT2D eigenvalue weighted by molar-refractivity contribution is 5.92. The predicted molar refractivity (Wildman–Crippen MR) is 83.7 cm³/mol. The van der Waals surface area contributed by atoms with Crippen LogP contribution < -0.4 is 5.32 Å². The number of carbonyl (C=O) groups excluding carboxylic acids is 1. The Morgan fingerprint density at radius 1 is 1.00 bits per heavy atom. The van der Waals surface area contributed by atoms with Gasteiger partial charge in [-0.25, -0.2) is 8.78 Å². The van der Waals surface area contributed by atoms with Crippen LogP contribution in [0.25, 0.3) is 0 Å². The number of carbonyl (C=O) groups is 1. The van der Waals surface area contributed by atoms with Crippen LogP contribution in [-0.4, -0.2) is 5.91 Å². The van der Waals surface area contributed by atoms with Crippen LogP contribution in [0.3, 0.4) is 0 Å². The van der Waals surface area contributed by atoms with Gasteiger partial charge >= 0.3 is 0 Å². The summed E-state index contributed by atoms with van der Waals surface area (Å²) in [5.41, 5.74) is 1.62. The van der Waals surface area contributed by atoms with E-state index in [4.69, 9.17) is 0 Å². The minimum absolute atomic E-state index is 0.0791. The van der Waals surface area contributed by atoms with Gasteiger partial charge in [-0.1, -0.05) is 44.2 Å². The molecule has 1 amide bonds. The molecular weight excluding hydrogens is 284 g/mol. The number of para-hydroxylation sites is 1. The summed E-state index contributed by atoms with van der Waals surface area (Å²) >= 11 is 0. The molecule has 22 heavy (non-hydrogen) atoms. The highest BCUT2D eigenvalue weighted by Gasteiger charge is 2.12. The Hall–Kier alpha value is -2.23. The Morgan fingerprint density at radius 3 is 2.09 bits per heavy atom. The summed E-state index contributed by atoms with van der Waals surface area (Å²) in [5.74, 6) is -1.43. The molecule has 0 aliphatic rings. The molecule has 1 N–H and O–H groups in total. The molecule has 0 unspecified atom stereocenters. The monoisotopic (exact) mass is 303 g/mol. The number of hydrogen-bond acceptors (Lipinski definition) is 1. The molecule has 2 rings (SSSR count). The topological polar surface area (TPSA) is 29.1 Å². The van der Waals surface area contributed by atoms with Gasteiger partial charge in [0.2, 0.25) is 5.91 Å². The summed E-state index contributed by atoms with van der Waals surface area (Å²) in [5, 5.41) is 2.28. The molecule has 2 aromatic rings. The van der Waals surface area contributed by atoms with Gasteiger partial charge in [-0.05, 0) is 35.6 Å². The molecule has 0 radical (unpaired) electrons. The molecular formula is C18H19F2NO. The van der Waals surface area contributed by atoms with Gasteiger partial charge in [0.1, 0.15) is 17.3 Å². The quantitative estimate of drug-likeness (QED) is 0.874. The molecule has 0 heterocycles. The minimum atomic E-state index is -0.777. The normalized spacial score (nSPS) is 10.8. The number of halogens is 2. The third kappa shape index (κ3) is 4.38. The molecule has 0 aromatic heterocycles. The van der Waals surface area contributed by atoms with Gasteiger partial charge in [0.15, 0.2) is 0 Å². The van der Waals surface area contributed by atoms with Crippen LogP contribution in [-0.2, 0) is 17.6 Å². The van der Waals surface area contributed by atoms with Gasteiger partial charge in [0, 0.05) is 0 Å². The van der Waals surface area contributed by atoms with E-state index in [9.17, 15) is 13.6 Å². The Labute approximate surface area is 129 Å². The zero-order valence-corrected chi connectivity index (χ0v) is 12.7. The molecule has 2 aromatic carbocycles. The zero-order chi connectivity index (χ0) is 16.1. The molecule has 0 fully saturated rings. The first-order valence-corrected chi connectivity index (χ1v) is 7.27. The van der Waals surface area contributed by atoms with E-state index in [1.54, 1.807) is 0 Å². The van der Waals surface area contributed by atoms with Crippen LogP contribution in [0.4, 0.5) is 14.5 Å². The van der Waals surface area contributed by atoms with Gasteiger partial charge in [-0.15, -0.1) is 0 Å². The lowest BCUT2D eigenvalue weighted by molar-refractivity contribution is -0.115. The minimum Gasteiger partial charge on any atom is -0.321 e. The van der Waals surface area contributed by atoms with E-state index < -0.39 is 23.2 Å². The van der Waals surface area contributed by atoms with Crippen LogP contribution in [0.2, 0.25) is 0 Å². The number of nitrogens with one attached hydrogen (secondary N) is 1. The fourth-order valence-electron chi connectivity index (χ4n) is 2.25. The van der Waals surface area contributed by atoms with Crippen molar-refractivity contribution in [1.82, 2.24) is 0 Å². The first-order chi connectivity index (χ1) is 10.5. The van der Waals surface area contributed by atoms with E-state index in [0.717, 1.165) is 24.1 Å². The first-order valence-electron chi connectivity index (χ1n) is 7.27. The molecule has 0 saturated carbocycles. The highest BCUT2D eigenvalue weighted by atomic mass is 19.1.